The number of nitrogens with one attached hydrogen (secondary N) is 1. The number of likely N-dealkylation sites (N-methyl/N-ethyl adjacent to an activating group) is 1. The third-order valence-corrected chi connectivity index (χ3v) is 4.66. The minimum absolute atomic E-state index is 0.0423. The van der Waals surface area contributed by atoms with Gasteiger partial charge in [0, 0.05) is 38.3 Å². The zero-order valence-corrected chi connectivity index (χ0v) is 14.7. The molecule has 0 aliphatic carbocycles. The van der Waals surface area contributed by atoms with Crippen molar-refractivity contribution < 1.29 is 4.79 Å². The summed E-state index contributed by atoms with van der Waals surface area (Å²) in [4.78, 5) is 17.0. The Labute approximate surface area is 140 Å². The number of carbonyl (C=O) groups is 1. The second kappa shape index (κ2) is 9.68. The number of carbonyl (C=O) groups excluding carboxylic acids is 1. The summed E-state index contributed by atoms with van der Waals surface area (Å²) in [5, 5.41) is 3.01. The van der Waals surface area contributed by atoms with E-state index in [4.69, 9.17) is 0 Å². The van der Waals surface area contributed by atoms with Crippen molar-refractivity contribution in [3.8, 4) is 0 Å². The van der Waals surface area contributed by atoms with Crippen LogP contribution in [0.25, 0.3) is 0 Å². The van der Waals surface area contributed by atoms with Crippen molar-refractivity contribution in [2.24, 2.45) is 0 Å². The highest BCUT2D eigenvalue weighted by Crippen LogP contribution is 2.05. The first-order valence-electron chi connectivity index (χ1n) is 8.98. The quantitative estimate of drug-likeness (QED) is 0.749. The molecule has 0 aromatic heterocycles. The zero-order chi connectivity index (χ0) is 16.5. The van der Waals surface area contributed by atoms with Crippen LogP contribution in [-0.2, 0) is 0 Å². The molecule has 1 aliphatic heterocycles. The van der Waals surface area contributed by atoms with E-state index in [0.717, 1.165) is 18.5 Å². The molecule has 0 unspecified atom stereocenters. The second-order valence-corrected chi connectivity index (χ2v) is 6.46. The lowest BCUT2D eigenvalue weighted by Crippen LogP contribution is -2.46. The molecule has 1 fully saturated rings. The minimum Gasteiger partial charge on any atom is -0.352 e. The first-order chi connectivity index (χ1) is 11.2. The molecule has 4 nitrogen and oxygen atoms in total. The molecule has 0 saturated carbocycles. The average Bonchev–Trinajstić information content (AvgIpc) is 2.59. The third-order valence-electron chi connectivity index (χ3n) is 4.66. The minimum atomic E-state index is 0.0423. The van der Waals surface area contributed by atoms with Crippen LogP contribution < -0.4 is 5.32 Å². The van der Waals surface area contributed by atoms with E-state index in [1.165, 1.54) is 57.7 Å². The van der Waals surface area contributed by atoms with Crippen LogP contribution in [-0.4, -0.2) is 61.5 Å². The molecule has 0 bridgehead atoms. The summed E-state index contributed by atoms with van der Waals surface area (Å²) in [5.74, 6) is 0.0423. The molecule has 0 spiro atoms. The fraction of sp³-hybridized carbons (Fsp3) is 0.632. The molecular weight excluding hydrogens is 286 g/mol. The standard InChI is InChI=1S/C19H31N3O/c1-3-21-13-15-22(16-14-21)12-6-4-5-11-20-19(23)18-9-7-17(2)8-10-18/h7-10H,3-6,11-16H2,1-2H3,(H,20,23). The van der Waals surface area contributed by atoms with Crippen molar-refractivity contribution in [2.75, 3.05) is 45.8 Å². The summed E-state index contributed by atoms with van der Waals surface area (Å²) < 4.78 is 0. The van der Waals surface area contributed by atoms with Crippen LogP contribution in [0.5, 0.6) is 0 Å². The molecule has 0 atom stereocenters. The summed E-state index contributed by atoms with van der Waals surface area (Å²) in [6.45, 7) is 12.3. The molecule has 2 rings (SSSR count). The maximum Gasteiger partial charge on any atom is 0.251 e. The highest BCUT2D eigenvalue weighted by atomic mass is 16.1. The monoisotopic (exact) mass is 317 g/mol. The summed E-state index contributed by atoms with van der Waals surface area (Å²) in [5.41, 5.74) is 1.94. The predicted octanol–water partition coefficient (Wildman–Crippen LogP) is 2.53. The van der Waals surface area contributed by atoms with Gasteiger partial charge >= 0.3 is 0 Å². The van der Waals surface area contributed by atoms with E-state index in [-0.39, 0.29) is 5.91 Å². The molecule has 128 valence electrons. The molecule has 1 heterocycles. The Morgan fingerprint density at radius 2 is 1.65 bits per heavy atom. The number of benzene rings is 1. The van der Waals surface area contributed by atoms with Gasteiger partial charge in [-0.15, -0.1) is 0 Å². The topological polar surface area (TPSA) is 35.6 Å². The van der Waals surface area contributed by atoms with Gasteiger partial charge in [-0.1, -0.05) is 31.0 Å². The normalized spacial score (nSPS) is 16.4. The van der Waals surface area contributed by atoms with E-state index in [0.29, 0.717) is 0 Å². The fourth-order valence-electron chi connectivity index (χ4n) is 2.98. The predicted molar refractivity (Wildman–Crippen MR) is 95.9 cm³/mol. The molecule has 1 aromatic carbocycles. The first kappa shape index (κ1) is 18.0. The van der Waals surface area contributed by atoms with Crippen LogP contribution in [0.3, 0.4) is 0 Å². The summed E-state index contributed by atoms with van der Waals surface area (Å²) in [6, 6.07) is 7.74. The van der Waals surface area contributed by atoms with E-state index in [1.54, 1.807) is 0 Å². The van der Waals surface area contributed by atoms with E-state index in [2.05, 4.69) is 22.0 Å². The second-order valence-electron chi connectivity index (χ2n) is 6.46. The van der Waals surface area contributed by atoms with Crippen LogP contribution in [0.4, 0.5) is 0 Å². The van der Waals surface area contributed by atoms with Gasteiger partial charge in [0.15, 0.2) is 0 Å². The average molecular weight is 317 g/mol. The molecule has 1 N–H and O–H groups in total. The number of amides is 1. The molecule has 1 amide bonds. The van der Waals surface area contributed by atoms with E-state index in [1.807, 2.05) is 31.2 Å². The smallest absolute Gasteiger partial charge is 0.251 e. The van der Waals surface area contributed by atoms with Crippen molar-refractivity contribution >= 4 is 5.91 Å². The Morgan fingerprint density at radius 3 is 2.30 bits per heavy atom. The van der Waals surface area contributed by atoms with Crippen molar-refractivity contribution in [3.05, 3.63) is 35.4 Å². The molecule has 23 heavy (non-hydrogen) atoms. The number of unbranched alkanes of at least 4 members (excludes halogenated alkanes) is 2. The van der Waals surface area contributed by atoms with Gasteiger partial charge in [0.05, 0.1) is 0 Å². The van der Waals surface area contributed by atoms with Crippen LogP contribution in [0.2, 0.25) is 0 Å². The third kappa shape index (κ3) is 6.32. The van der Waals surface area contributed by atoms with Crippen LogP contribution in [0, 0.1) is 6.92 Å². The van der Waals surface area contributed by atoms with Gasteiger partial charge in [-0.05, 0) is 45.0 Å². The Kier molecular flexibility index (Phi) is 7.56. The number of piperazine rings is 1. The molecular formula is C19H31N3O. The molecule has 1 aromatic rings. The lowest BCUT2D eigenvalue weighted by Gasteiger charge is -2.33. The molecule has 1 aliphatic rings. The van der Waals surface area contributed by atoms with Gasteiger partial charge in [0.1, 0.15) is 0 Å². The molecule has 1 saturated heterocycles. The summed E-state index contributed by atoms with van der Waals surface area (Å²) in [6.07, 6.45) is 3.47. The SMILES string of the molecule is CCN1CCN(CCCCCNC(=O)c2ccc(C)cc2)CC1. The van der Waals surface area contributed by atoms with Crippen molar-refractivity contribution in [1.29, 1.82) is 0 Å². The van der Waals surface area contributed by atoms with E-state index < -0.39 is 0 Å². The highest BCUT2D eigenvalue weighted by Gasteiger charge is 2.14. The molecule has 0 radical (unpaired) electrons. The van der Waals surface area contributed by atoms with E-state index >= 15 is 0 Å². The number of hydrogen-bond acceptors (Lipinski definition) is 3. The van der Waals surface area contributed by atoms with Gasteiger partial charge in [-0.25, -0.2) is 0 Å². The van der Waals surface area contributed by atoms with Gasteiger partial charge in [-0.3, -0.25) is 4.79 Å². The highest BCUT2D eigenvalue weighted by molar-refractivity contribution is 5.94. The van der Waals surface area contributed by atoms with Crippen molar-refractivity contribution in [2.45, 2.75) is 33.1 Å². The number of hydrogen-bond donors (Lipinski definition) is 1. The zero-order valence-electron chi connectivity index (χ0n) is 14.7. The fourth-order valence-corrected chi connectivity index (χ4v) is 2.98. The van der Waals surface area contributed by atoms with Crippen LogP contribution in [0.1, 0.15) is 42.1 Å². The van der Waals surface area contributed by atoms with Gasteiger partial charge in [0.25, 0.3) is 5.91 Å². The maximum absolute atomic E-state index is 12.0. The Hall–Kier alpha value is -1.39. The summed E-state index contributed by atoms with van der Waals surface area (Å²) in [7, 11) is 0. The van der Waals surface area contributed by atoms with Gasteiger partial charge in [-0.2, -0.15) is 0 Å². The largest absolute Gasteiger partial charge is 0.352 e. The number of rotatable bonds is 8. The maximum atomic E-state index is 12.0. The summed E-state index contributed by atoms with van der Waals surface area (Å²) >= 11 is 0. The Morgan fingerprint density at radius 1 is 1.00 bits per heavy atom. The van der Waals surface area contributed by atoms with Gasteiger partial charge in [0.2, 0.25) is 0 Å². The number of aryl methyl sites for hydroxylation is 1. The first-order valence-corrected chi connectivity index (χ1v) is 8.98. The lowest BCUT2D eigenvalue weighted by molar-refractivity contribution is 0.0952. The molecule has 4 heteroatoms. The van der Waals surface area contributed by atoms with E-state index in [9.17, 15) is 4.79 Å². The van der Waals surface area contributed by atoms with Crippen molar-refractivity contribution in [3.63, 3.8) is 0 Å². The Balaban J connectivity index is 1.51. The van der Waals surface area contributed by atoms with Crippen LogP contribution >= 0.6 is 0 Å². The van der Waals surface area contributed by atoms with Crippen LogP contribution in [0.15, 0.2) is 24.3 Å². The van der Waals surface area contributed by atoms with Gasteiger partial charge < -0.3 is 15.1 Å². The van der Waals surface area contributed by atoms with Crippen molar-refractivity contribution in [1.82, 2.24) is 15.1 Å². The number of nitrogens with zero attached hydrogens (tertiary/aromatic N) is 2. The Bertz CT molecular complexity index is 464. The lowest BCUT2D eigenvalue weighted by atomic mass is 10.1.